The average Bonchev–Trinajstić information content (AvgIpc) is 2.69. The first kappa shape index (κ1) is 20.0. The van der Waals surface area contributed by atoms with Gasteiger partial charge in [-0.25, -0.2) is 17.8 Å². The monoisotopic (exact) mass is 409 g/mol. The number of carbonyl (C=O) groups excluding carboxylic acids is 1. The van der Waals surface area contributed by atoms with E-state index in [0.29, 0.717) is 18.7 Å². The third-order valence-electron chi connectivity index (χ3n) is 4.45. The van der Waals surface area contributed by atoms with Crippen molar-refractivity contribution in [1.82, 2.24) is 9.29 Å². The number of halogens is 1. The first-order chi connectivity index (χ1) is 13.3. The van der Waals surface area contributed by atoms with Gasteiger partial charge in [0.15, 0.2) is 0 Å². The highest BCUT2D eigenvalue weighted by atomic mass is 32.2. The van der Waals surface area contributed by atoms with Crippen LogP contribution in [0, 0.1) is 5.82 Å². The molecule has 1 fully saturated rings. The predicted octanol–water partition coefficient (Wildman–Crippen LogP) is 1.56. The molecule has 0 radical (unpaired) electrons. The molecule has 1 amide bonds. The van der Waals surface area contributed by atoms with Gasteiger partial charge >= 0.3 is 0 Å². The van der Waals surface area contributed by atoms with Crippen LogP contribution in [0.15, 0.2) is 41.4 Å². The number of nitrogens with zero attached hydrogens (tertiary/aromatic N) is 2. The molecule has 2 N–H and O–H groups in total. The predicted molar refractivity (Wildman–Crippen MR) is 98.1 cm³/mol. The van der Waals surface area contributed by atoms with E-state index in [-0.39, 0.29) is 35.4 Å². The van der Waals surface area contributed by atoms with Gasteiger partial charge in [0, 0.05) is 25.4 Å². The Hall–Kier alpha value is -2.72. The molecule has 2 heterocycles. The lowest BCUT2D eigenvalue weighted by atomic mass is 10.1. The fourth-order valence-electron chi connectivity index (χ4n) is 2.95. The van der Waals surface area contributed by atoms with Gasteiger partial charge in [-0.2, -0.15) is 4.31 Å². The number of aromatic nitrogens is 1. The van der Waals surface area contributed by atoms with Crippen LogP contribution in [-0.4, -0.2) is 49.9 Å². The van der Waals surface area contributed by atoms with Crippen molar-refractivity contribution in [2.75, 3.05) is 20.2 Å². The summed E-state index contributed by atoms with van der Waals surface area (Å²) in [5, 5.41) is 0. The van der Waals surface area contributed by atoms with E-state index in [1.165, 1.54) is 29.7 Å². The Bertz CT molecular complexity index is 958. The molecule has 0 atom stereocenters. The summed E-state index contributed by atoms with van der Waals surface area (Å²) in [6.45, 7) is 0.429. The van der Waals surface area contributed by atoms with Crippen LogP contribution in [0.4, 0.5) is 4.39 Å². The van der Waals surface area contributed by atoms with Crippen molar-refractivity contribution >= 4 is 15.9 Å². The molecule has 0 spiro atoms. The number of hydrogen-bond donors (Lipinski definition) is 1. The number of piperidine rings is 1. The second kappa shape index (κ2) is 8.11. The molecule has 150 valence electrons. The molecule has 0 saturated carbocycles. The molecule has 1 aliphatic rings. The normalized spacial score (nSPS) is 15.9. The highest BCUT2D eigenvalue weighted by molar-refractivity contribution is 7.89. The number of benzene rings is 1. The van der Waals surface area contributed by atoms with Crippen LogP contribution < -0.4 is 15.2 Å². The Morgan fingerprint density at radius 2 is 1.96 bits per heavy atom. The van der Waals surface area contributed by atoms with E-state index in [1.807, 2.05) is 0 Å². The van der Waals surface area contributed by atoms with Crippen molar-refractivity contribution in [3.05, 3.63) is 47.9 Å². The highest BCUT2D eigenvalue weighted by Gasteiger charge is 2.32. The minimum absolute atomic E-state index is 0.0958. The third kappa shape index (κ3) is 4.23. The lowest BCUT2D eigenvalue weighted by Gasteiger charge is -2.31. The Kier molecular flexibility index (Phi) is 5.80. The fraction of sp³-hybridized carbons (Fsp3) is 0.333. The van der Waals surface area contributed by atoms with Crippen molar-refractivity contribution in [3.63, 3.8) is 0 Å². The zero-order valence-electron chi connectivity index (χ0n) is 15.2. The largest absolute Gasteiger partial charge is 0.495 e. The SMILES string of the molecule is COc1ccc(F)cc1S(=O)(=O)N1CCC(Oc2ccc(C(N)=O)cn2)CC1. The van der Waals surface area contributed by atoms with E-state index in [9.17, 15) is 17.6 Å². The van der Waals surface area contributed by atoms with Gasteiger partial charge in [0.25, 0.3) is 0 Å². The van der Waals surface area contributed by atoms with Crippen LogP contribution in [0.5, 0.6) is 11.6 Å². The van der Waals surface area contributed by atoms with Gasteiger partial charge in [0.1, 0.15) is 22.6 Å². The summed E-state index contributed by atoms with van der Waals surface area (Å²) in [5.41, 5.74) is 5.44. The van der Waals surface area contributed by atoms with Gasteiger partial charge < -0.3 is 15.2 Å². The molecule has 1 aromatic carbocycles. The standard InChI is InChI=1S/C18H20FN3O5S/c1-26-15-4-3-13(19)10-16(15)28(24,25)22-8-6-14(7-9-22)27-17-5-2-12(11-21-17)18(20)23/h2-5,10-11,14H,6-9H2,1H3,(H2,20,23). The number of sulfonamides is 1. The number of ether oxygens (including phenoxy) is 2. The van der Waals surface area contributed by atoms with Gasteiger partial charge in [-0.1, -0.05) is 0 Å². The smallest absolute Gasteiger partial charge is 0.250 e. The first-order valence-corrected chi connectivity index (χ1v) is 10.0. The van der Waals surface area contributed by atoms with Crippen molar-refractivity contribution in [1.29, 1.82) is 0 Å². The second-order valence-electron chi connectivity index (χ2n) is 6.27. The zero-order chi connectivity index (χ0) is 20.3. The Morgan fingerprint density at radius 3 is 2.54 bits per heavy atom. The highest BCUT2D eigenvalue weighted by Crippen LogP contribution is 2.29. The van der Waals surface area contributed by atoms with Crippen LogP contribution in [0.1, 0.15) is 23.2 Å². The van der Waals surface area contributed by atoms with Gasteiger partial charge in [-0.3, -0.25) is 4.79 Å². The molecular formula is C18H20FN3O5S. The molecule has 2 aromatic rings. The van der Waals surface area contributed by atoms with Crippen LogP contribution in [0.2, 0.25) is 0 Å². The maximum Gasteiger partial charge on any atom is 0.250 e. The maximum atomic E-state index is 13.6. The van der Waals surface area contributed by atoms with Crippen LogP contribution in [-0.2, 0) is 10.0 Å². The Morgan fingerprint density at radius 1 is 1.25 bits per heavy atom. The Balaban J connectivity index is 1.66. The lowest BCUT2D eigenvalue weighted by molar-refractivity contribution is 0.0999. The van der Waals surface area contributed by atoms with E-state index in [2.05, 4.69) is 4.98 Å². The summed E-state index contributed by atoms with van der Waals surface area (Å²) >= 11 is 0. The topological polar surface area (TPSA) is 112 Å². The van der Waals surface area contributed by atoms with Gasteiger partial charge in [-0.15, -0.1) is 0 Å². The number of rotatable bonds is 6. The fourth-order valence-corrected chi connectivity index (χ4v) is 4.58. The quantitative estimate of drug-likeness (QED) is 0.775. The van der Waals surface area contributed by atoms with E-state index >= 15 is 0 Å². The summed E-state index contributed by atoms with van der Waals surface area (Å²) in [6.07, 6.45) is 1.98. The molecule has 0 bridgehead atoms. The third-order valence-corrected chi connectivity index (χ3v) is 6.37. The Labute approximate surface area is 162 Å². The molecular weight excluding hydrogens is 389 g/mol. The minimum atomic E-state index is -3.89. The molecule has 3 rings (SSSR count). The second-order valence-corrected chi connectivity index (χ2v) is 8.17. The minimum Gasteiger partial charge on any atom is -0.495 e. The maximum absolute atomic E-state index is 13.6. The summed E-state index contributed by atoms with van der Waals surface area (Å²) in [5.74, 6) is -0.801. The number of nitrogens with two attached hydrogens (primary N) is 1. The molecule has 0 unspecified atom stereocenters. The van der Waals surface area contributed by atoms with Crippen LogP contribution in [0.3, 0.4) is 0 Å². The average molecular weight is 409 g/mol. The molecule has 8 nitrogen and oxygen atoms in total. The first-order valence-electron chi connectivity index (χ1n) is 8.57. The van der Waals surface area contributed by atoms with E-state index in [4.69, 9.17) is 15.2 Å². The number of primary amides is 1. The summed E-state index contributed by atoms with van der Waals surface area (Å²) < 4.78 is 51.4. The molecule has 1 aromatic heterocycles. The van der Waals surface area contributed by atoms with Crippen molar-refractivity contribution in [2.45, 2.75) is 23.8 Å². The van der Waals surface area contributed by atoms with Crippen molar-refractivity contribution in [3.8, 4) is 11.6 Å². The summed E-state index contributed by atoms with van der Waals surface area (Å²) in [7, 11) is -2.56. The van der Waals surface area contributed by atoms with E-state index in [1.54, 1.807) is 6.07 Å². The number of methoxy groups -OCH3 is 1. The molecule has 28 heavy (non-hydrogen) atoms. The number of carbonyl (C=O) groups is 1. The zero-order valence-corrected chi connectivity index (χ0v) is 16.0. The van der Waals surface area contributed by atoms with Crippen LogP contribution >= 0.6 is 0 Å². The van der Waals surface area contributed by atoms with E-state index in [0.717, 1.165) is 12.1 Å². The van der Waals surface area contributed by atoms with E-state index < -0.39 is 21.7 Å². The molecule has 1 aliphatic heterocycles. The van der Waals surface area contributed by atoms with Gasteiger partial charge in [0.2, 0.25) is 21.8 Å². The number of amides is 1. The van der Waals surface area contributed by atoms with Crippen LogP contribution in [0.25, 0.3) is 0 Å². The summed E-state index contributed by atoms with van der Waals surface area (Å²) in [6, 6.07) is 6.45. The molecule has 0 aliphatic carbocycles. The van der Waals surface area contributed by atoms with Crippen molar-refractivity contribution < 1.29 is 27.1 Å². The van der Waals surface area contributed by atoms with Gasteiger partial charge in [-0.05, 0) is 37.1 Å². The van der Waals surface area contributed by atoms with Crippen molar-refractivity contribution in [2.24, 2.45) is 5.73 Å². The number of hydrogen-bond acceptors (Lipinski definition) is 6. The summed E-state index contributed by atoms with van der Waals surface area (Å²) in [4.78, 5) is 14.9. The molecule has 1 saturated heterocycles. The van der Waals surface area contributed by atoms with Gasteiger partial charge in [0.05, 0.1) is 12.7 Å². The number of pyridine rings is 1. The molecule has 10 heteroatoms. The lowest BCUT2D eigenvalue weighted by Crippen LogP contribution is -2.41.